The predicted molar refractivity (Wildman–Crippen MR) is 80.7 cm³/mol. The van der Waals surface area contributed by atoms with Crippen LogP contribution in [0.4, 0.5) is 0 Å². The van der Waals surface area contributed by atoms with E-state index in [9.17, 15) is 8.42 Å². The minimum atomic E-state index is -3.28. The maximum atomic E-state index is 10.8. The molecule has 0 saturated carbocycles. The molecule has 0 fully saturated rings. The molecule has 5 heteroatoms. The number of sulfonamides is 1. The van der Waals surface area contributed by atoms with Gasteiger partial charge in [0.25, 0.3) is 0 Å². The van der Waals surface area contributed by atoms with Gasteiger partial charge < -0.3 is 0 Å². The van der Waals surface area contributed by atoms with E-state index in [4.69, 9.17) is 0 Å². The molecule has 1 aromatic carbocycles. The van der Waals surface area contributed by atoms with Crippen LogP contribution in [0.1, 0.15) is 37.8 Å². The quantitative estimate of drug-likeness (QED) is 0.666. The fourth-order valence-corrected chi connectivity index (χ4v) is 1.75. The number of rotatable bonds is 5. The molecule has 0 heterocycles. The summed E-state index contributed by atoms with van der Waals surface area (Å²) in [5, 5.41) is 3.65. The van der Waals surface area contributed by atoms with Crippen molar-refractivity contribution in [2.45, 2.75) is 26.7 Å². The van der Waals surface area contributed by atoms with Gasteiger partial charge in [0.05, 0.1) is 12.5 Å². The third-order valence-corrected chi connectivity index (χ3v) is 2.92. The molecule has 4 nitrogen and oxygen atoms in total. The lowest BCUT2D eigenvalue weighted by molar-refractivity contribution is 0.591. The summed E-state index contributed by atoms with van der Waals surface area (Å²) in [6.07, 6.45) is 4.49. The molecule has 0 unspecified atom stereocenters. The van der Waals surface area contributed by atoms with Crippen LogP contribution in [0, 0.1) is 0 Å². The van der Waals surface area contributed by atoms with Crippen molar-refractivity contribution in [3.63, 3.8) is 0 Å². The zero-order chi connectivity index (χ0) is 14.5. The summed E-state index contributed by atoms with van der Waals surface area (Å²) in [7, 11) is -3.28. The Labute approximate surface area is 115 Å². The maximum Gasteiger partial charge on any atom is 0.244 e. The summed E-state index contributed by atoms with van der Waals surface area (Å²) in [5.74, 6) is 0.514. The van der Waals surface area contributed by atoms with Crippen LogP contribution in [0.3, 0.4) is 0 Å². The van der Waals surface area contributed by atoms with E-state index in [0.29, 0.717) is 5.92 Å². The highest BCUT2D eigenvalue weighted by Crippen LogP contribution is 2.15. The molecule has 0 spiro atoms. The van der Waals surface area contributed by atoms with Gasteiger partial charge in [0.1, 0.15) is 0 Å². The van der Waals surface area contributed by atoms with Gasteiger partial charge in [-0.05, 0) is 29.5 Å². The highest BCUT2D eigenvalue weighted by molar-refractivity contribution is 7.88. The summed E-state index contributed by atoms with van der Waals surface area (Å²) in [6.45, 7) is 6.17. The van der Waals surface area contributed by atoms with E-state index >= 15 is 0 Å². The minimum absolute atomic E-state index is 0.514. The highest BCUT2D eigenvalue weighted by Gasteiger charge is 1.98. The van der Waals surface area contributed by atoms with E-state index in [1.165, 1.54) is 11.8 Å². The lowest BCUT2D eigenvalue weighted by Crippen LogP contribution is -2.15. The second kappa shape index (κ2) is 6.52. The van der Waals surface area contributed by atoms with E-state index < -0.39 is 10.0 Å². The fraction of sp³-hybridized carbons (Fsp3) is 0.357. The number of nitrogens with one attached hydrogen (secondary N) is 1. The molecule has 0 atom stereocenters. The van der Waals surface area contributed by atoms with Crippen molar-refractivity contribution in [2.24, 2.45) is 5.10 Å². The number of hydrogen-bond donors (Lipinski definition) is 1. The molecule has 1 rings (SSSR count). The highest BCUT2D eigenvalue weighted by atomic mass is 32.2. The van der Waals surface area contributed by atoms with Crippen LogP contribution < -0.4 is 4.83 Å². The maximum absolute atomic E-state index is 10.8. The van der Waals surface area contributed by atoms with E-state index in [1.807, 2.05) is 25.1 Å². The van der Waals surface area contributed by atoms with E-state index in [2.05, 4.69) is 35.9 Å². The predicted octanol–water partition coefficient (Wildman–Crippen LogP) is 2.75. The Morgan fingerprint density at radius 3 is 2.32 bits per heavy atom. The molecular weight excluding hydrogens is 260 g/mol. The average Bonchev–Trinajstić information content (AvgIpc) is 2.27. The van der Waals surface area contributed by atoms with Crippen LogP contribution in [0.5, 0.6) is 0 Å². The van der Waals surface area contributed by atoms with Gasteiger partial charge in [-0.1, -0.05) is 44.2 Å². The Bertz CT molecular complexity index is 570. The first-order chi connectivity index (χ1) is 8.78. The van der Waals surface area contributed by atoms with Crippen LogP contribution in [0.25, 0.3) is 6.08 Å². The SMILES string of the molecule is C/C(C=NNS(C)(=O)=O)=C/c1ccc(C(C)C)cc1. The van der Waals surface area contributed by atoms with Crippen molar-refractivity contribution in [2.75, 3.05) is 6.26 Å². The van der Waals surface area contributed by atoms with Crippen molar-refractivity contribution in [1.29, 1.82) is 0 Å². The number of allylic oxidation sites excluding steroid dienone is 1. The average molecular weight is 280 g/mol. The molecule has 0 aliphatic carbocycles. The molecule has 0 amide bonds. The largest absolute Gasteiger partial charge is 0.244 e. The summed E-state index contributed by atoms with van der Waals surface area (Å²) >= 11 is 0. The van der Waals surface area contributed by atoms with Crippen molar-refractivity contribution >= 4 is 22.3 Å². The third-order valence-electron chi connectivity index (χ3n) is 2.48. The van der Waals surface area contributed by atoms with Crippen molar-refractivity contribution in [3.05, 3.63) is 41.0 Å². The van der Waals surface area contributed by atoms with Gasteiger partial charge in [-0.3, -0.25) is 0 Å². The molecule has 104 valence electrons. The zero-order valence-corrected chi connectivity index (χ0v) is 12.5. The second-order valence-electron chi connectivity index (χ2n) is 4.83. The summed E-state index contributed by atoms with van der Waals surface area (Å²) < 4.78 is 21.7. The Morgan fingerprint density at radius 2 is 1.84 bits per heavy atom. The van der Waals surface area contributed by atoms with Crippen molar-refractivity contribution in [1.82, 2.24) is 4.83 Å². The third kappa shape index (κ3) is 6.20. The van der Waals surface area contributed by atoms with Crippen LogP contribution in [0.15, 0.2) is 34.9 Å². The molecule has 0 radical (unpaired) electrons. The molecule has 0 aliphatic rings. The van der Waals surface area contributed by atoms with Crippen LogP contribution in [0.2, 0.25) is 0 Å². The molecule has 0 bridgehead atoms. The first-order valence-electron chi connectivity index (χ1n) is 6.06. The summed E-state index contributed by atoms with van der Waals surface area (Å²) in [4.78, 5) is 2.06. The van der Waals surface area contributed by atoms with Crippen LogP contribution in [-0.4, -0.2) is 20.9 Å². The van der Waals surface area contributed by atoms with Crippen LogP contribution >= 0.6 is 0 Å². The fourth-order valence-electron chi connectivity index (χ4n) is 1.50. The number of benzene rings is 1. The molecule has 19 heavy (non-hydrogen) atoms. The van der Waals surface area contributed by atoms with Crippen LogP contribution in [-0.2, 0) is 10.0 Å². The number of nitrogens with zero attached hydrogens (tertiary/aromatic N) is 1. The van der Waals surface area contributed by atoms with Gasteiger partial charge in [0.2, 0.25) is 10.0 Å². The molecule has 0 aromatic heterocycles. The van der Waals surface area contributed by atoms with E-state index in [-0.39, 0.29) is 0 Å². The van der Waals surface area contributed by atoms with E-state index in [1.54, 1.807) is 0 Å². The Kier molecular flexibility index (Phi) is 5.30. The smallest absolute Gasteiger partial charge is 0.206 e. The van der Waals surface area contributed by atoms with Gasteiger partial charge in [-0.25, -0.2) is 13.2 Å². The van der Waals surface area contributed by atoms with Gasteiger partial charge in [-0.2, -0.15) is 5.10 Å². The van der Waals surface area contributed by atoms with Gasteiger partial charge in [0.15, 0.2) is 0 Å². The second-order valence-corrected chi connectivity index (χ2v) is 6.56. The summed E-state index contributed by atoms with van der Waals surface area (Å²) in [6, 6.07) is 8.26. The summed E-state index contributed by atoms with van der Waals surface area (Å²) in [5.41, 5.74) is 3.23. The molecule has 1 aromatic rings. The van der Waals surface area contributed by atoms with E-state index in [0.717, 1.165) is 17.4 Å². The zero-order valence-electron chi connectivity index (χ0n) is 11.7. The van der Waals surface area contributed by atoms with Gasteiger partial charge in [0, 0.05) is 0 Å². The molecule has 0 aliphatic heterocycles. The lowest BCUT2D eigenvalue weighted by atomic mass is 10.0. The normalized spacial score (nSPS) is 13.2. The first-order valence-corrected chi connectivity index (χ1v) is 7.95. The minimum Gasteiger partial charge on any atom is -0.206 e. The lowest BCUT2D eigenvalue weighted by Gasteiger charge is -2.05. The molecule has 1 N–H and O–H groups in total. The van der Waals surface area contributed by atoms with Crippen molar-refractivity contribution < 1.29 is 8.42 Å². The Hall–Kier alpha value is -1.62. The Balaban J connectivity index is 2.73. The van der Waals surface area contributed by atoms with Gasteiger partial charge >= 0.3 is 0 Å². The Morgan fingerprint density at radius 1 is 1.26 bits per heavy atom. The standard InChI is InChI=1S/C14H20N2O2S/c1-11(2)14-7-5-13(6-8-14)9-12(3)10-15-16-19(4,17)18/h5-11,16H,1-4H3/b12-9-,15-10?. The monoisotopic (exact) mass is 280 g/mol. The topological polar surface area (TPSA) is 58.5 Å². The molecular formula is C14H20N2O2S. The first kappa shape index (κ1) is 15.4. The number of hydrogen-bond acceptors (Lipinski definition) is 3. The number of hydrazone groups is 1. The molecule has 0 saturated heterocycles. The van der Waals surface area contributed by atoms with Gasteiger partial charge in [-0.15, -0.1) is 0 Å². The van der Waals surface area contributed by atoms with Crippen molar-refractivity contribution in [3.8, 4) is 0 Å².